The molecule has 7 nitrogen and oxygen atoms in total. The molecule has 4 aromatic rings. The first kappa shape index (κ1) is 33.9. The first-order valence-corrected chi connectivity index (χ1v) is 17.6. The Morgan fingerprint density at radius 1 is 0.809 bits per heavy atom. The number of nitrogens with zero attached hydrogens (tertiary/aromatic N) is 2. The van der Waals surface area contributed by atoms with Gasteiger partial charge in [0.05, 0.1) is 10.6 Å². The largest absolute Gasteiger partial charge is 0.352 e. The summed E-state index contributed by atoms with van der Waals surface area (Å²) < 4.78 is 44.6. The molecule has 1 aliphatic rings. The number of hydrogen-bond donors (Lipinski definition) is 1. The standard InChI is InChI=1S/C38H42FN3O4S/c1-28-17-21-33(22-18-28)42(47(45,46)34-23-19-29(2)20-24-34)27-37(43)41(26-31-13-9-10-16-35(31)39)36(25-30-11-5-3-6-12-30)38(44)40-32-14-7-4-8-15-32/h3,5-6,9-13,16-24,32,36H,4,7-8,14-15,25-27H2,1-2H3,(H,40,44)/t36-/m0/s1. The highest BCUT2D eigenvalue weighted by atomic mass is 32.2. The fourth-order valence-corrected chi connectivity index (χ4v) is 7.40. The Balaban J connectivity index is 1.56. The number of amides is 2. The minimum atomic E-state index is -4.21. The molecular formula is C38H42FN3O4S. The van der Waals surface area contributed by atoms with E-state index in [0.717, 1.165) is 53.1 Å². The second-order valence-electron chi connectivity index (χ2n) is 12.3. The first-order chi connectivity index (χ1) is 22.6. The van der Waals surface area contributed by atoms with Crippen LogP contribution in [0.25, 0.3) is 0 Å². The smallest absolute Gasteiger partial charge is 0.264 e. The zero-order chi connectivity index (χ0) is 33.4. The van der Waals surface area contributed by atoms with Crippen LogP contribution < -0.4 is 9.62 Å². The van der Waals surface area contributed by atoms with Gasteiger partial charge >= 0.3 is 0 Å². The third-order valence-electron chi connectivity index (χ3n) is 8.73. The van der Waals surface area contributed by atoms with Crippen molar-refractivity contribution >= 4 is 27.5 Å². The summed E-state index contributed by atoms with van der Waals surface area (Å²) in [7, 11) is -4.21. The van der Waals surface area contributed by atoms with Crippen molar-refractivity contribution in [2.75, 3.05) is 10.8 Å². The number of carbonyl (C=O) groups excluding carboxylic acids is 2. The van der Waals surface area contributed by atoms with E-state index in [9.17, 15) is 18.0 Å². The molecule has 2 amide bonds. The van der Waals surface area contributed by atoms with Crippen LogP contribution in [0.5, 0.6) is 0 Å². The molecule has 1 fully saturated rings. The van der Waals surface area contributed by atoms with E-state index in [4.69, 9.17) is 0 Å². The van der Waals surface area contributed by atoms with Crippen molar-refractivity contribution in [1.82, 2.24) is 10.2 Å². The lowest BCUT2D eigenvalue weighted by molar-refractivity contribution is -0.140. The number of anilines is 1. The second kappa shape index (κ2) is 15.4. The van der Waals surface area contributed by atoms with Gasteiger partial charge in [-0.25, -0.2) is 12.8 Å². The van der Waals surface area contributed by atoms with Crippen LogP contribution in [0.2, 0.25) is 0 Å². The van der Waals surface area contributed by atoms with Gasteiger partial charge in [-0.1, -0.05) is 103 Å². The molecule has 5 rings (SSSR count). The SMILES string of the molecule is Cc1ccc(N(CC(=O)N(Cc2ccccc2F)[C@@H](Cc2ccccc2)C(=O)NC2CCCCC2)S(=O)(=O)c2ccc(C)cc2)cc1. The van der Waals surface area contributed by atoms with Crippen molar-refractivity contribution in [3.63, 3.8) is 0 Å². The molecule has 1 saturated carbocycles. The van der Waals surface area contributed by atoms with Crippen LogP contribution in [-0.4, -0.2) is 43.8 Å². The Bertz CT molecular complexity index is 1760. The molecule has 0 unspecified atom stereocenters. The summed E-state index contributed by atoms with van der Waals surface area (Å²) in [5, 5.41) is 3.17. The number of benzene rings is 4. The third-order valence-corrected chi connectivity index (χ3v) is 10.5. The number of rotatable bonds is 12. The van der Waals surface area contributed by atoms with Crippen LogP contribution in [0.3, 0.4) is 0 Å². The number of hydrogen-bond acceptors (Lipinski definition) is 4. The maximum Gasteiger partial charge on any atom is 0.264 e. The van der Waals surface area contributed by atoms with Gasteiger partial charge in [-0.3, -0.25) is 13.9 Å². The molecule has 1 N–H and O–H groups in total. The minimum absolute atomic E-state index is 0.0223. The van der Waals surface area contributed by atoms with Crippen molar-refractivity contribution in [2.24, 2.45) is 0 Å². The number of halogens is 1. The molecule has 0 heterocycles. The third kappa shape index (κ3) is 8.65. The van der Waals surface area contributed by atoms with Gasteiger partial charge in [-0.2, -0.15) is 0 Å². The van der Waals surface area contributed by atoms with Crippen molar-refractivity contribution < 1.29 is 22.4 Å². The van der Waals surface area contributed by atoms with Gasteiger partial charge in [0.25, 0.3) is 10.0 Å². The quantitative estimate of drug-likeness (QED) is 0.184. The summed E-state index contributed by atoms with van der Waals surface area (Å²) in [5.41, 5.74) is 3.18. The van der Waals surface area contributed by atoms with Crippen LogP contribution >= 0.6 is 0 Å². The molecule has 0 radical (unpaired) electrons. The molecule has 47 heavy (non-hydrogen) atoms. The molecule has 0 saturated heterocycles. The second-order valence-corrected chi connectivity index (χ2v) is 14.2. The highest BCUT2D eigenvalue weighted by molar-refractivity contribution is 7.92. The van der Waals surface area contributed by atoms with Gasteiger partial charge < -0.3 is 10.2 Å². The summed E-state index contributed by atoms with van der Waals surface area (Å²) in [6, 6.07) is 27.8. The average molecular weight is 656 g/mol. The Labute approximate surface area is 277 Å². The molecule has 246 valence electrons. The summed E-state index contributed by atoms with van der Waals surface area (Å²) in [4.78, 5) is 30.1. The Hall–Kier alpha value is -4.50. The maximum absolute atomic E-state index is 15.1. The van der Waals surface area contributed by atoms with Crippen molar-refractivity contribution in [3.05, 3.63) is 131 Å². The van der Waals surface area contributed by atoms with E-state index in [1.54, 1.807) is 54.6 Å². The van der Waals surface area contributed by atoms with Crippen LogP contribution in [0.4, 0.5) is 10.1 Å². The molecule has 0 aromatic heterocycles. The average Bonchev–Trinajstić information content (AvgIpc) is 3.07. The van der Waals surface area contributed by atoms with E-state index < -0.39 is 34.3 Å². The van der Waals surface area contributed by atoms with E-state index in [1.807, 2.05) is 44.2 Å². The van der Waals surface area contributed by atoms with Gasteiger partial charge in [0, 0.05) is 24.6 Å². The highest BCUT2D eigenvalue weighted by Crippen LogP contribution is 2.26. The molecule has 4 aromatic carbocycles. The van der Waals surface area contributed by atoms with Gasteiger partial charge in [0.2, 0.25) is 11.8 Å². The van der Waals surface area contributed by atoms with Gasteiger partial charge in [0.1, 0.15) is 18.4 Å². The van der Waals surface area contributed by atoms with Gasteiger partial charge in [0.15, 0.2) is 0 Å². The lowest BCUT2D eigenvalue weighted by Crippen LogP contribution is -2.55. The molecular weight excluding hydrogens is 614 g/mol. The number of sulfonamides is 1. The lowest BCUT2D eigenvalue weighted by atomic mass is 9.94. The Morgan fingerprint density at radius 3 is 2.04 bits per heavy atom. The van der Waals surface area contributed by atoms with Crippen molar-refractivity contribution in [3.8, 4) is 0 Å². The fourth-order valence-electron chi connectivity index (χ4n) is 5.99. The molecule has 0 bridgehead atoms. The van der Waals surface area contributed by atoms with Gasteiger partial charge in [-0.15, -0.1) is 0 Å². The molecule has 0 spiro atoms. The zero-order valence-corrected chi connectivity index (χ0v) is 27.8. The summed E-state index contributed by atoms with van der Waals surface area (Å²) in [6.45, 7) is 2.95. The van der Waals surface area contributed by atoms with Crippen LogP contribution in [-0.2, 0) is 32.6 Å². The predicted molar refractivity (Wildman–Crippen MR) is 183 cm³/mol. The number of carbonyl (C=O) groups is 2. The van der Waals surface area contributed by atoms with E-state index in [2.05, 4.69) is 5.32 Å². The summed E-state index contributed by atoms with van der Waals surface area (Å²) >= 11 is 0. The van der Waals surface area contributed by atoms with E-state index in [1.165, 1.54) is 23.1 Å². The normalized spacial score (nSPS) is 14.3. The molecule has 1 aliphatic carbocycles. The maximum atomic E-state index is 15.1. The van der Waals surface area contributed by atoms with Crippen LogP contribution in [0.1, 0.15) is 54.4 Å². The van der Waals surface area contributed by atoms with E-state index >= 15 is 4.39 Å². The van der Waals surface area contributed by atoms with Crippen molar-refractivity contribution in [1.29, 1.82) is 0 Å². The monoisotopic (exact) mass is 655 g/mol. The fraction of sp³-hybridized carbons (Fsp3) is 0.316. The molecule has 9 heteroatoms. The molecule has 0 aliphatic heterocycles. The Morgan fingerprint density at radius 2 is 1.40 bits per heavy atom. The zero-order valence-electron chi connectivity index (χ0n) is 26.9. The summed E-state index contributed by atoms with van der Waals surface area (Å²) in [5.74, 6) is -1.47. The lowest BCUT2D eigenvalue weighted by Gasteiger charge is -2.35. The van der Waals surface area contributed by atoms with Crippen LogP contribution in [0.15, 0.2) is 108 Å². The van der Waals surface area contributed by atoms with Crippen molar-refractivity contribution in [2.45, 2.75) is 75.9 Å². The Kier molecular flexibility index (Phi) is 11.1. The molecule has 1 atom stereocenters. The number of aryl methyl sites for hydroxylation is 2. The van der Waals surface area contributed by atoms with Gasteiger partial charge in [-0.05, 0) is 62.6 Å². The highest BCUT2D eigenvalue weighted by Gasteiger charge is 2.35. The topological polar surface area (TPSA) is 86.8 Å². The summed E-state index contributed by atoms with van der Waals surface area (Å²) in [6.07, 6.45) is 5.00. The first-order valence-electron chi connectivity index (χ1n) is 16.1. The van der Waals surface area contributed by atoms with E-state index in [0.29, 0.717) is 5.69 Å². The van der Waals surface area contributed by atoms with Crippen LogP contribution in [0, 0.1) is 19.7 Å². The minimum Gasteiger partial charge on any atom is -0.352 e. The number of nitrogens with one attached hydrogen (secondary N) is 1. The predicted octanol–water partition coefficient (Wildman–Crippen LogP) is 6.73. The van der Waals surface area contributed by atoms with E-state index in [-0.39, 0.29) is 35.4 Å².